The van der Waals surface area contributed by atoms with Crippen molar-refractivity contribution in [3.05, 3.63) is 56.7 Å². The Bertz CT molecular complexity index is 1010. The molecule has 1 aromatic carbocycles. The van der Waals surface area contributed by atoms with E-state index >= 15 is 0 Å². The van der Waals surface area contributed by atoms with Crippen LogP contribution in [0.15, 0.2) is 39.7 Å². The minimum Gasteiger partial charge on any atom is -0.467 e. The number of thioether (sulfide) groups is 1. The smallest absolute Gasteiger partial charge is 0.328 e. The Morgan fingerprint density at radius 1 is 1.25 bits per heavy atom. The molecule has 1 fully saturated rings. The van der Waals surface area contributed by atoms with Crippen LogP contribution in [0.3, 0.4) is 0 Å². The molecular weight excluding hydrogens is 444 g/mol. The molecule has 3 rings (SSSR count). The Balaban J connectivity index is 1.98. The summed E-state index contributed by atoms with van der Waals surface area (Å²) in [4.78, 5) is 37.9. The molecule has 1 aliphatic rings. The number of amides is 2. The zero-order chi connectivity index (χ0) is 20.6. The summed E-state index contributed by atoms with van der Waals surface area (Å²) in [7, 11) is 1.23. The first-order valence-electron chi connectivity index (χ1n) is 8.55. The van der Waals surface area contributed by atoms with Crippen LogP contribution in [-0.2, 0) is 14.3 Å². The highest BCUT2D eigenvalue weighted by Crippen LogP contribution is 2.35. The number of carbonyl (C=O) groups is 3. The number of halogens is 1. The molecule has 0 radical (unpaired) electrons. The second kappa shape index (κ2) is 7.97. The number of hydrogen-bond donors (Lipinski definition) is 0. The van der Waals surface area contributed by atoms with E-state index < -0.39 is 23.2 Å². The molecule has 0 unspecified atom stereocenters. The maximum Gasteiger partial charge on any atom is 0.328 e. The van der Waals surface area contributed by atoms with Gasteiger partial charge in [0.15, 0.2) is 0 Å². The summed E-state index contributed by atoms with van der Waals surface area (Å²) in [5.41, 5.74) is 3.77. The first-order valence-corrected chi connectivity index (χ1v) is 10.2. The lowest BCUT2D eigenvalue weighted by atomic mass is 10.2. The van der Waals surface area contributed by atoms with Gasteiger partial charge in [-0.25, -0.2) is 4.79 Å². The van der Waals surface area contributed by atoms with E-state index in [1.807, 2.05) is 44.2 Å². The monoisotopic (exact) mass is 462 g/mol. The highest BCUT2D eigenvalue weighted by Gasteiger charge is 2.41. The molecule has 146 valence electrons. The number of benzene rings is 1. The SMILES string of the molecule is COC(=O)[C@@H](C)N1C(=O)S/C(=C/c2cc(C)n(-c3ccccc3Br)c2C)C1=O. The van der Waals surface area contributed by atoms with E-state index in [0.717, 1.165) is 43.8 Å². The molecular formula is C20H19BrN2O4S. The van der Waals surface area contributed by atoms with Gasteiger partial charge < -0.3 is 9.30 Å². The van der Waals surface area contributed by atoms with E-state index in [1.54, 1.807) is 6.08 Å². The maximum absolute atomic E-state index is 12.7. The van der Waals surface area contributed by atoms with Crippen molar-refractivity contribution in [3.63, 3.8) is 0 Å². The predicted molar refractivity (Wildman–Crippen MR) is 112 cm³/mol. The minimum atomic E-state index is -0.962. The van der Waals surface area contributed by atoms with Gasteiger partial charge in [0.25, 0.3) is 11.1 Å². The molecule has 0 aliphatic carbocycles. The molecule has 28 heavy (non-hydrogen) atoms. The number of carbonyl (C=O) groups excluding carboxylic acids is 3. The molecule has 2 aromatic rings. The Morgan fingerprint density at radius 2 is 1.93 bits per heavy atom. The van der Waals surface area contributed by atoms with E-state index in [2.05, 4.69) is 25.2 Å². The molecule has 0 spiro atoms. The third-order valence-corrected chi connectivity index (χ3v) is 6.16. The first-order chi connectivity index (χ1) is 13.3. The topological polar surface area (TPSA) is 68.6 Å². The van der Waals surface area contributed by atoms with E-state index in [4.69, 9.17) is 0 Å². The van der Waals surface area contributed by atoms with Crippen molar-refractivity contribution in [2.75, 3.05) is 7.11 Å². The van der Waals surface area contributed by atoms with Crippen molar-refractivity contribution in [2.24, 2.45) is 0 Å². The fourth-order valence-electron chi connectivity index (χ4n) is 3.17. The van der Waals surface area contributed by atoms with Crippen molar-refractivity contribution in [2.45, 2.75) is 26.8 Å². The zero-order valence-corrected chi connectivity index (χ0v) is 18.3. The van der Waals surface area contributed by atoms with Crippen molar-refractivity contribution in [3.8, 4) is 5.69 Å². The number of nitrogens with zero attached hydrogens (tertiary/aromatic N) is 2. The summed E-state index contributed by atoms with van der Waals surface area (Å²) in [6, 6.07) is 8.87. The lowest BCUT2D eigenvalue weighted by molar-refractivity contribution is -0.148. The van der Waals surface area contributed by atoms with E-state index in [0.29, 0.717) is 0 Å². The largest absolute Gasteiger partial charge is 0.467 e. The van der Waals surface area contributed by atoms with E-state index in [9.17, 15) is 14.4 Å². The Kier molecular flexibility index (Phi) is 5.81. The van der Waals surface area contributed by atoms with Crippen LogP contribution in [0.1, 0.15) is 23.9 Å². The average molecular weight is 463 g/mol. The standard InChI is InChI=1S/C20H19BrN2O4S/c1-11-9-14(12(2)22(11)16-8-6-5-7-15(16)21)10-17-18(24)23(20(26)28-17)13(3)19(25)27-4/h5-10,13H,1-4H3/b17-10+/t13-/m1/s1. The molecule has 1 aromatic heterocycles. The van der Waals surface area contributed by atoms with Gasteiger partial charge in [0.1, 0.15) is 6.04 Å². The summed E-state index contributed by atoms with van der Waals surface area (Å²) in [5, 5.41) is -0.478. The van der Waals surface area contributed by atoms with Crippen LogP contribution in [0.4, 0.5) is 4.79 Å². The van der Waals surface area contributed by atoms with E-state index in [1.165, 1.54) is 14.0 Å². The fourth-order valence-corrected chi connectivity index (χ4v) is 4.53. The van der Waals surface area contributed by atoms with Gasteiger partial charge in [-0.05, 0) is 78.3 Å². The van der Waals surface area contributed by atoms with Crippen LogP contribution in [-0.4, -0.2) is 39.7 Å². The van der Waals surface area contributed by atoms with Crippen molar-refractivity contribution in [1.29, 1.82) is 0 Å². The van der Waals surface area contributed by atoms with Crippen LogP contribution < -0.4 is 0 Å². The van der Waals surface area contributed by atoms with Gasteiger partial charge in [-0.2, -0.15) is 0 Å². The Morgan fingerprint density at radius 3 is 2.57 bits per heavy atom. The molecule has 8 heteroatoms. The number of esters is 1. The minimum absolute atomic E-state index is 0.285. The number of aryl methyl sites for hydroxylation is 1. The molecule has 0 saturated carbocycles. The van der Waals surface area contributed by atoms with Crippen LogP contribution in [0.5, 0.6) is 0 Å². The summed E-state index contributed by atoms with van der Waals surface area (Å²) in [6.07, 6.45) is 1.70. The van der Waals surface area contributed by atoms with E-state index in [-0.39, 0.29) is 4.91 Å². The number of aromatic nitrogens is 1. The number of rotatable bonds is 4. The van der Waals surface area contributed by atoms with Crippen LogP contribution in [0, 0.1) is 13.8 Å². The summed E-state index contributed by atoms with van der Waals surface area (Å²) in [6.45, 7) is 5.42. The summed E-state index contributed by atoms with van der Waals surface area (Å²) < 4.78 is 7.69. The number of methoxy groups -OCH3 is 1. The first kappa shape index (κ1) is 20.4. The fraction of sp³-hybridized carbons (Fsp3) is 0.250. The lowest BCUT2D eigenvalue weighted by Gasteiger charge is -2.18. The number of para-hydroxylation sites is 1. The summed E-state index contributed by atoms with van der Waals surface area (Å²) >= 11 is 4.40. The average Bonchev–Trinajstić information content (AvgIpc) is 3.09. The maximum atomic E-state index is 12.7. The lowest BCUT2D eigenvalue weighted by Crippen LogP contribution is -2.42. The van der Waals surface area contributed by atoms with Crippen LogP contribution >= 0.6 is 27.7 Å². The molecule has 2 amide bonds. The van der Waals surface area contributed by atoms with Crippen LogP contribution in [0.2, 0.25) is 0 Å². The van der Waals surface area contributed by atoms with Gasteiger partial charge in [0.05, 0.1) is 17.7 Å². The second-order valence-corrected chi connectivity index (χ2v) is 8.21. The predicted octanol–water partition coefficient (Wildman–Crippen LogP) is 4.45. The molecule has 1 saturated heterocycles. The van der Waals surface area contributed by atoms with Gasteiger partial charge in [0.2, 0.25) is 0 Å². The van der Waals surface area contributed by atoms with Gasteiger partial charge in [0, 0.05) is 15.9 Å². The normalized spacial score (nSPS) is 16.8. The molecule has 2 heterocycles. The van der Waals surface area contributed by atoms with Crippen molar-refractivity contribution in [1.82, 2.24) is 9.47 Å². The molecule has 0 bridgehead atoms. The van der Waals surface area contributed by atoms with Crippen molar-refractivity contribution >= 4 is 50.9 Å². The molecule has 0 N–H and O–H groups in total. The summed E-state index contributed by atoms with van der Waals surface area (Å²) in [5.74, 6) is -1.12. The third-order valence-electron chi connectivity index (χ3n) is 4.60. The highest BCUT2D eigenvalue weighted by atomic mass is 79.9. The highest BCUT2D eigenvalue weighted by molar-refractivity contribution is 9.10. The molecule has 1 aliphatic heterocycles. The Labute approximate surface area is 175 Å². The molecule has 1 atom stereocenters. The Hall–Kier alpha value is -2.32. The number of hydrogen-bond acceptors (Lipinski definition) is 5. The van der Waals surface area contributed by atoms with Crippen LogP contribution in [0.25, 0.3) is 11.8 Å². The van der Waals surface area contributed by atoms with Crippen molar-refractivity contribution < 1.29 is 19.1 Å². The number of ether oxygens (including phenoxy) is 1. The van der Waals surface area contributed by atoms with Gasteiger partial charge in [-0.1, -0.05) is 12.1 Å². The number of imide groups is 1. The van der Waals surface area contributed by atoms with Gasteiger partial charge in [-0.15, -0.1) is 0 Å². The zero-order valence-electron chi connectivity index (χ0n) is 15.9. The van der Waals surface area contributed by atoms with Gasteiger partial charge in [-0.3, -0.25) is 14.5 Å². The van der Waals surface area contributed by atoms with Gasteiger partial charge >= 0.3 is 5.97 Å². The third kappa shape index (κ3) is 3.54. The quantitative estimate of drug-likeness (QED) is 0.495. The molecule has 6 nitrogen and oxygen atoms in total. The second-order valence-electron chi connectivity index (χ2n) is 6.36.